The molecule has 0 saturated carbocycles. The molecular weight excluding hydrogens is 206 g/mol. The van der Waals surface area contributed by atoms with Gasteiger partial charge in [0.1, 0.15) is 11.3 Å². The fourth-order valence-corrected chi connectivity index (χ4v) is 1.46. The first-order valence-corrected chi connectivity index (χ1v) is 4.90. The number of ether oxygens (including phenoxy) is 1. The van der Waals surface area contributed by atoms with Crippen molar-refractivity contribution in [2.24, 2.45) is 0 Å². The van der Waals surface area contributed by atoms with E-state index >= 15 is 0 Å². The Balaban J connectivity index is 2.63. The molecule has 0 amide bonds. The summed E-state index contributed by atoms with van der Waals surface area (Å²) in [5.41, 5.74) is 6.58. The highest BCUT2D eigenvalue weighted by Crippen LogP contribution is 2.20. The number of esters is 1. The smallest absolute Gasteiger partial charge is 0.340 e. The van der Waals surface area contributed by atoms with Gasteiger partial charge in [-0.1, -0.05) is 6.07 Å². The van der Waals surface area contributed by atoms with Crippen molar-refractivity contribution in [2.45, 2.75) is 6.92 Å². The zero-order valence-electron chi connectivity index (χ0n) is 8.80. The highest BCUT2D eigenvalue weighted by atomic mass is 16.5. The highest BCUT2D eigenvalue weighted by molar-refractivity contribution is 6.05. The SMILES string of the molecule is CCOC(=O)c1cnc(N)c2ncccc12. The number of nitrogen functional groups attached to an aromatic ring is 1. The molecule has 0 aliphatic rings. The predicted octanol–water partition coefficient (Wildman–Crippen LogP) is 1.39. The maximum Gasteiger partial charge on any atom is 0.340 e. The minimum atomic E-state index is -0.409. The number of nitrogens with two attached hydrogens (primary N) is 1. The van der Waals surface area contributed by atoms with Gasteiger partial charge in [0.2, 0.25) is 0 Å². The molecule has 0 aliphatic carbocycles. The predicted molar refractivity (Wildman–Crippen MR) is 59.9 cm³/mol. The number of nitrogens with zero attached hydrogens (tertiary/aromatic N) is 2. The lowest BCUT2D eigenvalue weighted by molar-refractivity contribution is 0.0528. The van der Waals surface area contributed by atoms with Crippen molar-refractivity contribution >= 4 is 22.7 Å². The normalized spacial score (nSPS) is 10.3. The third-order valence-electron chi connectivity index (χ3n) is 2.17. The van der Waals surface area contributed by atoms with Crippen LogP contribution in [0.25, 0.3) is 10.9 Å². The Hall–Kier alpha value is -2.17. The van der Waals surface area contributed by atoms with Gasteiger partial charge >= 0.3 is 5.97 Å². The summed E-state index contributed by atoms with van der Waals surface area (Å²) in [4.78, 5) is 19.7. The van der Waals surface area contributed by atoms with E-state index in [9.17, 15) is 4.79 Å². The van der Waals surface area contributed by atoms with E-state index in [4.69, 9.17) is 10.5 Å². The minimum absolute atomic E-state index is 0.309. The molecule has 2 N–H and O–H groups in total. The van der Waals surface area contributed by atoms with Gasteiger partial charge in [-0.25, -0.2) is 9.78 Å². The summed E-state index contributed by atoms with van der Waals surface area (Å²) in [6.45, 7) is 2.08. The van der Waals surface area contributed by atoms with Crippen LogP contribution in [0.5, 0.6) is 0 Å². The maximum absolute atomic E-state index is 11.6. The van der Waals surface area contributed by atoms with Crippen LogP contribution >= 0.6 is 0 Å². The summed E-state index contributed by atoms with van der Waals surface area (Å²) in [6, 6.07) is 3.51. The second-order valence-corrected chi connectivity index (χ2v) is 3.18. The Morgan fingerprint density at radius 1 is 1.50 bits per heavy atom. The fraction of sp³-hybridized carbons (Fsp3) is 0.182. The number of aromatic nitrogens is 2. The standard InChI is InChI=1S/C11H11N3O2/c1-2-16-11(15)8-6-14-10(12)9-7(8)4-3-5-13-9/h3-6H,2H2,1H3,(H2,12,14). The number of anilines is 1. The van der Waals surface area contributed by atoms with Crippen molar-refractivity contribution in [3.05, 3.63) is 30.1 Å². The number of pyridine rings is 2. The van der Waals surface area contributed by atoms with E-state index in [0.29, 0.717) is 28.9 Å². The van der Waals surface area contributed by atoms with Crippen LogP contribution in [0, 0.1) is 0 Å². The summed E-state index contributed by atoms with van der Waals surface area (Å²) >= 11 is 0. The molecule has 0 saturated heterocycles. The molecule has 5 heteroatoms. The average molecular weight is 217 g/mol. The molecular formula is C11H11N3O2. The third-order valence-corrected chi connectivity index (χ3v) is 2.17. The lowest BCUT2D eigenvalue weighted by Gasteiger charge is -2.06. The molecule has 0 unspecified atom stereocenters. The van der Waals surface area contributed by atoms with Crippen molar-refractivity contribution in [1.29, 1.82) is 0 Å². The molecule has 0 aliphatic heterocycles. The van der Waals surface area contributed by atoms with Gasteiger partial charge < -0.3 is 10.5 Å². The molecule has 2 heterocycles. The minimum Gasteiger partial charge on any atom is -0.462 e. The van der Waals surface area contributed by atoms with Crippen LogP contribution in [0.4, 0.5) is 5.82 Å². The van der Waals surface area contributed by atoms with Gasteiger partial charge in [-0.2, -0.15) is 0 Å². The lowest BCUT2D eigenvalue weighted by atomic mass is 10.1. The van der Waals surface area contributed by atoms with Gasteiger partial charge in [-0.3, -0.25) is 4.98 Å². The van der Waals surface area contributed by atoms with E-state index in [2.05, 4.69) is 9.97 Å². The van der Waals surface area contributed by atoms with Crippen molar-refractivity contribution in [3.8, 4) is 0 Å². The van der Waals surface area contributed by atoms with Gasteiger partial charge in [-0.15, -0.1) is 0 Å². The molecule has 2 rings (SSSR count). The summed E-state index contributed by atoms with van der Waals surface area (Å²) in [5, 5.41) is 0.661. The quantitative estimate of drug-likeness (QED) is 0.769. The van der Waals surface area contributed by atoms with Gasteiger partial charge in [0.15, 0.2) is 0 Å². The zero-order valence-corrected chi connectivity index (χ0v) is 8.80. The number of rotatable bonds is 2. The molecule has 2 aromatic heterocycles. The maximum atomic E-state index is 11.6. The van der Waals surface area contributed by atoms with Crippen molar-refractivity contribution in [3.63, 3.8) is 0 Å². The lowest BCUT2D eigenvalue weighted by Crippen LogP contribution is -2.07. The van der Waals surface area contributed by atoms with Crippen LogP contribution in [0.1, 0.15) is 17.3 Å². The molecule has 0 aromatic carbocycles. The first-order chi connectivity index (χ1) is 7.74. The van der Waals surface area contributed by atoms with E-state index in [-0.39, 0.29) is 0 Å². The van der Waals surface area contributed by atoms with E-state index in [0.717, 1.165) is 0 Å². The number of fused-ring (bicyclic) bond motifs is 1. The zero-order chi connectivity index (χ0) is 11.5. The monoisotopic (exact) mass is 217 g/mol. The van der Waals surface area contributed by atoms with E-state index < -0.39 is 5.97 Å². The summed E-state index contributed by atoms with van der Waals surface area (Å²) in [6.07, 6.45) is 3.02. The Labute approximate surface area is 92.3 Å². The molecule has 0 radical (unpaired) electrons. The number of carbonyl (C=O) groups excluding carboxylic acids is 1. The Bertz CT molecular complexity index is 540. The van der Waals surface area contributed by atoms with E-state index in [1.165, 1.54) is 6.20 Å². The molecule has 2 aromatic rings. The molecule has 0 bridgehead atoms. The molecule has 5 nitrogen and oxygen atoms in total. The molecule has 0 spiro atoms. The first kappa shape index (κ1) is 10.4. The average Bonchev–Trinajstić information content (AvgIpc) is 2.30. The van der Waals surface area contributed by atoms with Gasteiger partial charge in [-0.05, 0) is 13.0 Å². The molecule has 0 fully saturated rings. The van der Waals surface area contributed by atoms with E-state index in [1.54, 1.807) is 25.3 Å². The van der Waals surface area contributed by atoms with Gasteiger partial charge in [0.25, 0.3) is 0 Å². The fourth-order valence-electron chi connectivity index (χ4n) is 1.46. The van der Waals surface area contributed by atoms with Crippen LogP contribution in [0.2, 0.25) is 0 Å². The molecule has 82 valence electrons. The van der Waals surface area contributed by atoms with Crippen LogP contribution in [-0.4, -0.2) is 22.5 Å². The first-order valence-electron chi connectivity index (χ1n) is 4.90. The second kappa shape index (κ2) is 4.14. The number of hydrogen-bond donors (Lipinski definition) is 1. The molecule has 0 atom stereocenters. The Kier molecular flexibility index (Phi) is 2.68. The summed E-state index contributed by atoms with van der Waals surface area (Å²) < 4.78 is 4.93. The van der Waals surface area contributed by atoms with Crippen molar-refractivity contribution in [2.75, 3.05) is 12.3 Å². The van der Waals surface area contributed by atoms with Gasteiger partial charge in [0.05, 0.1) is 12.2 Å². The summed E-state index contributed by atoms with van der Waals surface area (Å²) in [5.74, 6) is -0.100. The van der Waals surface area contributed by atoms with Crippen molar-refractivity contribution in [1.82, 2.24) is 9.97 Å². The number of carbonyl (C=O) groups is 1. The Morgan fingerprint density at radius 2 is 2.31 bits per heavy atom. The third kappa shape index (κ3) is 1.67. The number of hydrogen-bond acceptors (Lipinski definition) is 5. The highest BCUT2D eigenvalue weighted by Gasteiger charge is 2.13. The Morgan fingerprint density at radius 3 is 3.06 bits per heavy atom. The van der Waals surface area contributed by atoms with Crippen LogP contribution < -0.4 is 5.73 Å². The largest absolute Gasteiger partial charge is 0.462 e. The second-order valence-electron chi connectivity index (χ2n) is 3.18. The molecule has 16 heavy (non-hydrogen) atoms. The van der Waals surface area contributed by atoms with Crippen molar-refractivity contribution < 1.29 is 9.53 Å². The van der Waals surface area contributed by atoms with E-state index in [1.807, 2.05) is 0 Å². The van der Waals surface area contributed by atoms with Gasteiger partial charge in [0, 0.05) is 17.8 Å². The van der Waals surface area contributed by atoms with Crippen LogP contribution in [-0.2, 0) is 4.74 Å². The van der Waals surface area contributed by atoms with Crippen LogP contribution in [0.15, 0.2) is 24.5 Å². The summed E-state index contributed by atoms with van der Waals surface area (Å²) in [7, 11) is 0. The topological polar surface area (TPSA) is 78.1 Å². The van der Waals surface area contributed by atoms with Crippen LogP contribution in [0.3, 0.4) is 0 Å².